The molecule has 0 aliphatic rings. The predicted octanol–water partition coefficient (Wildman–Crippen LogP) is 1.08. The number of benzene rings is 1. The van der Waals surface area contributed by atoms with Crippen molar-refractivity contribution in [2.24, 2.45) is 11.5 Å². The summed E-state index contributed by atoms with van der Waals surface area (Å²) < 4.78 is 15.6. The third kappa shape index (κ3) is 3.59. The molecule has 0 atom stereocenters. The van der Waals surface area contributed by atoms with Gasteiger partial charge in [0.25, 0.3) is 0 Å². The van der Waals surface area contributed by atoms with E-state index in [4.69, 9.17) is 11.5 Å². The monoisotopic (exact) mass is 309 g/mol. The Balaban J connectivity index is 2.16. The van der Waals surface area contributed by atoms with Gasteiger partial charge in [-0.05, 0) is 30.7 Å². The van der Waals surface area contributed by atoms with Gasteiger partial charge in [-0.15, -0.1) is 10.2 Å². The Labute approximate surface area is 125 Å². The van der Waals surface area contributed by atoms with Crippen LogP contribution in [-0.2, 0) is 12.3 Å². The molecule has 21 heavy (non-hydrogen) atoms. The fourth-order valence-corrected chi connectivity index (χ4v) is 2.82. The van der Waals surface area contributed by atoms with Gasteiger partial charge in [0.05, 0.1) is 0 Å². The van der Waals surface area contributed by atoms with Gasteiger partial charge in [0.2, 0.25) is 5.91 Å². The van der Waals surface area contributed by atoms with Gasteiger partial charge in [0.15, 0.2) is 5.16 Å². The van der Waals surface area contributed by atoms with Crippen molar-refractivity contribution < 1.29 is 9.18 Å². The van der Waals surface area contributed by atoms with Gasteiger partial charge < -0.3 is 16.0 Å². The number of halogens is 1. The van der Waals surface area contributed by atoms with Crippen molar-refractivity contribution in [3.63, 3.8) is 0 Å². The molecule has 0 bridgehead atoms. The molecule has 0 fully saturated rings. The van der Waals surface area contributed by atoms with Crippen LogP contribution in [0.1, 0.15) is 21.7 Å². The normalized spacial score (nSPS) is 10.8. The van der Waals surface area contributed by atoms with Crippen LogP contribution < -0.4 is 11.5 Å². The summed E-state index contributed by atoms with van der Waals surface area (Å²) in [5.74, 6) is 0.127. The molecule has 8 heteroatoms. The quantitative estimate of drug-likeness (QED) is 0.778. The lowest BCUT2D eigenvalue weighted by Crippen LogP contribution is -2.12. The van der Waals surface area contributed by atoms with Gasteiger partial charge in [-0.3, -0.25) is 4.79 Å². The lowest BCUT2D eigenvalue weighted by Gasteiger charge is -2.07. The van der Waals surface area contributed by atoms with Crippen LogP contribution in [0.4, 0.5) is 4.39 Å². The summed E-state index contributed by atoms with van der Waals surface area (Å²) >= 11 is 1.34. The van der Waals surface area contributed by atoms with Crippen molar-refractivity contribution in [1.82, 2.24) is 14.8 Å². The molecule has 6 nitrogen and oxygen atoms in total. The highest BCUT2D eigenvalue weighted by atomic mass is 32.2. The van der Waals surface area contributed by atoms with E-state index in [0.29, 0.717) is 29.6 Å². The second-order valence-electron chi connectivity index (χ2n) is 4.43. The number of primary amides is 1. The lowest BCUT2D eigenvalue weighted by molar-refractivity contribution is 0.1000. The van der Waals surface area contributed by atoms with E-state index in [-0.39, 0.29) is 11.4 Å². The summed E-state index contributed by atoms with van der Waals surface area (Å²) in [6, 6.07) is 4.07. The van der Waals surface area contributed by atoms with Gasteiger partial charge in [-0.2, -0.15) is 0 Å². The molecule has 0 radical (unpaired) electrons. The maximum atomic E-state index is 13.8. The average Bonchev–Trinajstić information content (AvgIpc) is 2.79. The summed E-state index contributed by atoms with van der Waals surface area (Å²) in [6.45, 7) is 2.91. The van der Waals surface area contributed by atoms with Crippen molar-refractivity contribution in [3.8, 4) is 0 Å². The Bertz CT molecular complexity index is 658. The maximum absolute atomic E-state index is 13.8. The van der Waals surface area contributed by atoms with E-state index in [1.165, 1.54) is 30.0 Å². The van der Waals surface area contributed by atoms with Crippen LogP contribution in [0.2, 0.25) is 0 Å². The van der Waals surface area contributed by atoms with E-state index < -0.39 is 5.91 Å². The molecule has 112 valence electrons. The summed E-state index contributed by atoms with van der Waals surface area (Å²) in [6.07, 6.45) is 0. The first-order chi connectivity index (χ1) is 10.0. The molecule has 1 aromatic carbocycles. The van der Waals surface area contributed by atoms with Gasteiger partial charge in [0, 0.05) is 24.4 Å². The molecule has 0 unspecified atom stereocenters. The van der Waals surface area contributed by atoms with Crippen LogP contribution in [0.15, 0.2) is 23.4 Å². The molecule has 0 spiro atoms. The van der Waals surface area contributed by atoms with Crippen molar-refractivity contribution in [1.29, 1.82) is 0 Å². The Kier molecular flexibility index (Phi) is 4.92. The maximum Gasteiger partial charge on any atom is 0.248 e. The topological polar surface area (TPSA) is 99.8 Å². The summed E-state index contributed by atoms with van der Waals surface area (Å²) in [7, 11) is 0. The number of aromatic nitrogens is 3. The molecule has 0 aliphatic carbocycles. The summed E-state index contributed by atoms with van der Waals surface area (Å²) in [5, 5.41) is 8.70. The minimum absolute atomic E-state index is 0.284. The first-order valence-corrected chi connectivity index (χ1v) is 7.32. The molecular formula is C13H16FN5OS. The van der Waals surface area contributed by atoms with E-state index >= 15 is 0 Å². The SMILES string of the molecule is Cc1nnc(SCc2cc(C(N)=O)ccc2F)n1CCN. The van der Waals surface area contributed by atoms with Crippen LogP contribution in [0, 0.1) is 12.7 Å². The molecule has 4 N–H and O–H groups in total. The standard InChI is InChI=1S/C13H16FN5OS/c1-8-17-18-13(19(8)5-4-15)21-7-10-6-9(12(16)20)2-3-11(10)14/h2-3,6H,4-5,7,15H2,1H3,(H2,16,20). The van der Waals surface area contributed by atoms with E-state index in [1.807, 2.05) is 11.5 Å². The number of nitrogens with two attached hydrogens (primary N) is 2. The second kappa shape index (κ2) is 6.68. The first-order valence-electron chi connectivity index (χ1n) is 6.34. The Hall–Kier alpha value is -1.93. The number of amides is 1. The highest BCUT2D eigenvalue weighted by Gasteiger charge is 2.12. The van der Waals surface area contributed by atoms with Crippen molar-refractivity contribution in [3.05, 3.63) is 41.0 Å². The Morgan fingerprint density at radius 3 is 2.86 bits per heavy atom. The van der Waals surface area contributed by atoms with E-state index in [1.54, 1.807) is 0 Å². The Morgan fingerprint density at radius 1 is 1.43 bits per heavy atom. The first kappa shape index (κ1) is 15.5. The van der Waals surface area contributed by atoms with Crippen LogP contribution in [0.25, 0.3) is 0 Å². The zero-order valence-electron chi connectivity index (χ0n) is 11.5. The van der Waals surface area contributed by atoms with Crippen molar-refractivity contribution in [2.45, 2.75) is 24.4 Å². The third-order valence-electron chi connectivity index (χ3n) is 2.94. The number of thioether (sulfide) groups is 1. The molecular weight excluding hydrogens is 293 g/mol. The smallest absolute Gasteiger partial charge is 0.248 e. The van der Waals surface area contributed by atoms with Crippen molar-refractivity contribution in [2.75, 3.05) is 6.54 Å². The van der Waals surface area contributed by atoms with Gasteiger partial charge in [0.1, 0.15) is 11.6 Å². The van der Waals surface area contributed by atoms with Gasteiger partial charge >= 0.3 is 0 Å². The number of carbonyl (C=O) groups is 1. The molecule has 2 rings (SSSR count). The van der Waals surface area contributed by atoms with Crippen LogP contribution >= 0.6 is 11.8 Å². The van der Waals surface area contributed by atoms with Crippen molar-refractivity contribution >= 4 is 17.7 Å². The van der Waals surface area contributed by atoms with Crippen LogP contribution in [0.5, 0.6) is 0 Å². The number of carbonyl (C=O) groups excluding carboxylic acids is 1. The molecule has 1 amide bonds. The molecule has 1 aromatic heterocycles. The van der Waals surface area contributed by atoms with Crippen LogP contribution in [-0.4, -0.2) is 27.2 Å². The number of rotatable bonds is 6. The summed E-state index contributed by atoms with van der Waals surface area (Å²) in [5.41, 5.74) is 11.4. The van der Waals surface area contributed by atoms with Gasteiger partial charge in [-0.25, -0.2) is 4.39 Å². The third-order valence-corrected chi connectivity index (χ3v) is 3.96. The fourth-order valence-electron chi connectivity index (χ4n) is 1.84. The highest BCUT2D eigenvalue weighted by molar-refractivity contribution is 7.98. The van der Waals surface area contributed by atoms with Crippen LogP contribution in [0.3, 0.4) is 0 Å². The molecule has 2 aromatic rings. The largest absolute Gasteiger partial charge is 0.366 e. The number of hydrogen-bond acceptors (Lipinski definition) is 5. The highest BCUT2D eigenvalue weighted by Crippen LogP contribution is 2.24. The lowest BCUT2D eigenvalue weighted by atomic mass is 10.1. The molecule has 0 aliphatic heterocycles. The number of nitrogens with zero attached hydrogens (tertiary/aromatic N) is 3. The predicted molar refractivity (Wildman–Crippen MR) is 78.3 cm³/mol. The fraction of sp³-hybridized carbons (Fsp3) is 0.308. The summed E-state index contributed by atoms with van der Waals surface area (Å²) in [4.78, 5) is 11.1. The number of hydrogen-bond donors (Lipinski definition) is 2. The van der Waals surface area contributed by atoms with E-state index in [9.17, 15) is 9.18 Å². The number of aryl methyl sites for hydroxylation is 1. The van der Waals surface area contributed by atoms with E-state index in [0.717, 1.165) is 5.82 Å². The minimum Gasteiger partial charge on any atom is -0.366 e. The minimum atomic E-state index is -0.580. The zero-order valence-corrected chi connectivity index (χ0v) is 12.4. The molecule has 0 saturated carbocycles. The Morgan fingerprint density at radius 2 is 2.19 bits per heavy atom. The molecule has 0 saturated heterocycles. The van der Waals surface area contributed by atoms with E-state index in [2.05, 4.69) is 10.2 Å². The zero-order chi connectivity index (χ0) is 15.4. The van der Waals surface area contributed by atoms with Gasteiger partial charge in [-0.1, -0.05) is 11.8 Å². The average molecular weight is 309 g/mol. The molecule has 1 heterocycles. The second-order valence-corrected chi connectivity index (χ2v) is 5.37.